The van der Waals surface area contributed by atoms with Gasteiger partial charge in [-0.3, -0.25) is 4.79 Å². The average molecular weight is 360 g/mol. The highest BCUT2D eigenvalue weighted by atomic mass is 79.9. The molecule has 5 heteroatoms. The van der Waals surface area contributed by atoms with Gasteiger partial charge < -0.3 is 9.47 Å². The summed E-state index contributed by atoms with van der Waals surface area (Å²) in [5, 5.41) is 8.87. The quantitative estimate of drug-likeness (QED) is 0.769. The van der Waals surface area contributed by atoms with E-state index < -0.39 is 0 Å². The Kier molecular flexibility index (Phi) is 5.18. The Balaban J connectivity index is 2.20. The van der Waals surface area contributed by atoms with Gasteiger partial charge in [0.15, 0.2) is 0 Å². The van der Waals surface area contributed by atoms with Crippen molar-refractivity contribution in [3.05, 3.63) is 57.6 Å². The van der Waals surface area contributed by atoms with Crippen molar-refractivity contribution in [2.45, 2.75) is 13.3 Å². The smallest absolute Gasteiger partial charge is 0.309 e. The van der Waals surface area contributed by atoms with E-state index in [9.17, 15) is 4.79 Å². The van der Waals surface area contributed by atoms with Gasteiger partial charge in [-0.05, 0) is 64.3 Å². The maximum atomic E-state index is 11.3. The highest BCUT2D eigenvalue weighted by molar-refractivity contribution is 9.10. The van der Waals surface area contributed by atoms with Crippen molar-refractivity contribution in [1.82, 2.24) is 0 Å². The van der Waals surface area contributed by atoms with E-state index >= 15 is 0 Å². The van der Waals surface area contributed by atoms with Crippen LogP contribution in [0.1, 0.15) is 16.7 Å². The van der Waals surface area contributed by atoms with Gasteiger partial charge in [-0.15, -0.1) is 0 Å². The largest absolute Gasteiger partial charge is 0.469 e. The number of rotatable bonds is 4. The minimum Gasteiger partial charge on any atom is -0.469 e. The van der Waals surface area contributed by atoms with Crippen LogP contribution in [0, 0.1) is 18.3 Å². The first-order valence-corrected chi connectivity index (χ1v) is 7.36. The summed E-state index contributed by atoms with van der Waals surface area (Å²) in [6.07, 6.45) is 0.214. The van der Waals surface area contributed by atoms with Crippen LogP contribution in [0.5, 0.6) is 11.5 Å². The van der Waals surface area contributed by atoms with Crippen molar-refractivity contribution in [3.63, 3.8) is 0 Å². The zero-order chi connectivity index (χ0) is 16.1. The summed E-state index contributed by atoms with van der Waals surface area (Å²) in [5.74, 6) is 1.03. The molecule has 0 spiro atoms. The molecule has 0 unspecified atom stereocenters. The van der Waals surface area contributed by atoms with E-state index in [1.165, 1.54) is 7.11 Å². The lowest BCUT2D eigenvalue weighted by Crippen LogP contribution is -2.04. The first-order valence-electron chi connectivity index (χ1n) is 6.57. The highest BCUT2D eigenvalue weighted by Crippen LogP contribution is 2.32. The fraction of sp³-hybridized carbons (Fsp3) is 0.176. The van der Waals surface area contributed by atoms with Crippen LogP contribution in [0.2, 0.25) is 0 Å². The molecule has 0 heterocycles. The molecule has 0 bridgehead atoms. The molecule has 0 aliphatic heterocycles. The number of carbonyl (C=O) groups excluding carboxylic acids is 1. The van der Waals surface area contributed by atoms with Crippen molar-refractivity contribution in [1.29, 1.82) is 5.26 Å². The molecule has 0 aliphatic carbocycles. The Hall–Kier alpha value is -2.32. The number of methoxy groups -OCH3 is 1. The van der Waals surface area contributed by atoms with E-state index in [0.717, 1.165) is 15.6 Å². The molecule has 2 aromatic carbocycles. The van der Waals surface area contributed by atoms with Gasteiger partial charge in [0.05, 0.1) is 29.6 Å². The number of benzene rings is 2. The summed E-state index contributed by atoms with van der Waals surface area (Å²) >= 11 is 3.44. The van der Waals surface area contributed by atoms with Gasteiger partial charge in [0.2, 0.25) is 0 Å². The molecule has 0 N–H and O–H groups in total. The van der Waals surface area contributed by atoms with E-state index in [1.54, 1.807) is 24.3 Å². The number of ether oxygens (including phenoxy) is 2. The summed E-state index contributed by atoms with van der Waals surface area (Å²) in [7, 11) is 1.36. The fourth-order valence-corrected chi connectivity index (χ4v) is 2.43. The summed E-state index contributed by atoms with van der Waals surface area (Å²) < 4.78 is 11.2. The second kappa shape index (κ2) is 7.10. The predicted molar refractivity (Wildman–Crippen MR) is 85.8 cm³/mol. The second-order valence-electron chi connectivity index (χ2n) is 4.71. The van der Waals surface area contributed by atoms with Gasteiger partial charge in [-0.2, -0.15) is 5.26 Å². The third kappa shape index (κ3) is 3.86. The van der Waals surface area contributed by atoms with Gasteiger partial charge in [-0.1, -0.05) is 6.07 Å². The molecule has 0 amide bonds. The molecule has 0 aromatic heterocycles. The fourth-order valence-electron chi connectivity index (χ4n) is 1.93. The van der Waals surface area contributed by atoms with Gasteiger partial charge >= 0.3 is 5.97 Å². The summed E-state index contributed by atoms with van der Waals surface area (Å²) in [6.45, 7) is 1.88. The Morgan fingerprint density at radius 3 is 2.55 bits per heavy atom. The van der Waals surface area contributed by atoms with Crippen molar-refractivity contribution in [3.8, 4) is 17.6 Å². The number of nitrogens with zero attached hydrogens (tertiary/aromatic N) is 1. The van der Waals surface area contributed by atoms with Gasteiger partial charge in [0.25, 0.3) is 0 Å². The molecule has 2 rings (SSSR count). The molecule has 0 saturated carbocycles. The molecule has 0 fully saturated rings. The molecule has 4 nitrogen and oxygen atoms in total. The number of carbonyl (C=O) groups is 1. The van der Waals surface area contributed by atoms with E-state index in [0.29, 0.717) is 17.1 Å². The minimum absolute atomic E-state index is 0.214. The monoisotopic (exact) mass is 359 g/mol. The summed E-state index contributed by atoms with van der Waals surface area (Å²) in [6, 6.07) is 12.8. The Labute approximate surface area is 137 Å². The van der Waals surface area contributed by atoms with Gasteiger partial charge in [-0.25, -0.2) is 0 Å². The lowest BCUT2D eigenvalue weighted by atomic mass is 10.1. The zero-order valence-corrected chi connectivity index (χ0v) is 13.8. The van der Waals surface area contributed by atoms with Crippen LogP contribution < -0.4 is 4.74 Å². The van der Waals surface area contributed by atoms with E-state index in [-0.39, 0.29) is 12.4 Å². The Bertz CT molecular complexity index is 750. The minimum atomic E-state index is -0.288. The summed E-state index contributed by atoms with van der Waals surface area (Å²) in [4.78, 5) is 11.3. The van der Waals surface area contributed by atoms with Crippen molar-refractivity contribution in [2.75, 3.05) is 7.11 Å². The van der Waals surface area contributed by atoms with Crippen LogP contribution in [0.25, 0.3) is 0 Å². The number of hydrogen-bond acceptors (Lipinski definition) is 4. The number of aryl methyl sites for hydroxylation is 1. The first-order chi connectivity index (χ1) is 10.5. The molecule has 0 aliphatic rings. The summed E-state index contributed by atoms with van der Waals surface area (Å²) in [5.41, 5.74) is 2.31. The predicted octanol–water partition coefficient (Wildman–Crippen LogP) is 4.14. The second-order valence-corrected chi connectivity index (χ2v) is 5.57. The van der Waals surface area contributed by atoms with Crippen LogP contribution in [0.15, 0.2) is 40.9 Å². The topological polar surface area (TPSA) is 59.3 Å². The lowest BCUT2D eigenvalue weighted by molar-refractivity contribution is -0.139. The Morgan fingerprint density at radius 1 is 1.23 bits per heavy atom. The van der Waals surface area contributed by atoms with E-state index in [2.05, 4.69) is 26.7 Å². The lowest BCUT2D eigenvalue weighted by Gasteiger charge is -2.11. The maximum Gasteiger partial charge on any atom is 0.309 e. The van der Waals surface area contributed by atoms with Crippen LogP contribution >= 0.6 is 15.9 Å². The third-order valence-corrected chi connectivity index (χ3v) is 3.72. The average Bonchev–Trinajstić information content (AvgIpc) is 2.51. The van der Waals surface area contributed by atoms with Crippen LogP contribution in [-0.2, 0) is 16.0 Å². The van der Waals surface area contributed by atoms with Crippen LogP contribution in [0.4, 0.5) is 0 Å². The number of esters is 1. The molecule has 112 valence electrons. The SMILES string of the molecule is COC(=O)Cc1ccc(Oc2ccc(C#N)cc2C)c(Br)c1. The maximum absolute atomic E-state index is 11.3. The third-order valence-electron chi connectivity index (χ3n) is 3.10. The van der Waals surface area contributed by atoms with Crippen molar-refractivity contribution in [2.24, 2.45) is 0 Å². The number of nitriles is 1. The van der Waals surface area contributed by atoms with Crippen LogP contribution in [-0.4, -0.2) is 13.1 Å². The van der Waals surface area contributed by atoms with Crippen molar-refractivity contribution < 1.29 is 14.3 Å². The van der Waals surface area contributed by atoms with Crippen molar-refractivity contribution >= 4 is 21.9 Å². The molecule has 22 heavy (non-hydrogen) atoms. The molecule has 0 saturated heterocycles. The molecular formula is C17H14BrNO3. The van der Waals surface area contributed by atoms with E-state index in [4.69, 9.17) is 10.00 Å². The first kappa shape index (κ1) is 16.1. The number of hydrogen-bond donors (Lipinski definition) is 0. The van der Waals surface area contributed by atoms with Gasteiger partial charge in [0.1, 0.15) is 11.5 Å². The standard InChI is InChI=1S/C17H14BrNO3/c1-11-7-13(10-19)4-5-15(11)22-16-6-3-12(8-14(16)18)9-17(20)21-2/h3-8H,9H2,1-2H3. The zero-order valence-electron chi connectivity index (χ0n) is 12.2. The number of halogens is 1. The molecular weight excluding hydrogens is 346 g/mol. The Morgan fingerprint density at radius 2 is 1.95 bits per heavy atom. The molecule has 0 radical (unpaired) electrons. The normalized spacial score (nSPS) is 9.91. The molecule has 2 aromatic rings. The molecule has 0 atom stereocenters. The van der Waals surface area contributed by atoms with Crippen LogP contribution in [0.3, 0.4) is 0 Å². The van der Waals surface area contributed by atoms with E-state index in [1.807, 2.05) is 19.1 Å². The highest BCUT2D eigenvalue weighted by Gasteiger charge is 2.09. The van der Waals surface area contributed by atoms with Gasteiger partial charge in [0, 0.05) is 0 Å².